The second kappa shape index (κ2) is 7.69. The van der Waals surface area contributed by atoms with E-state index in [-0.39, 0.29) is 17.8 Å². The molecule has 1 aliphatic heterocycles. The van der Waals surface area contributed by atoms with Crippen molar-refractivity contribution in [1.82, 2.24) is 4.31 Å². The Morgan fingerprint density at radius 2 is 2.12 bits per heavy atom. The van der Waals surface area contributed by atoms with Gasteiger partial charge < -0.3 is 4.74 Å². The van der Waals surface area contributed by atoms with Gasteiger partial charge in [0.2, 0.25) is 0 Å². The second-order valence-corrected chi connectivity index (χ2v) is 6.67. The standard InChI is InChI=1S/C19H19FN2OS/c1-24-22-12-15(18-7-2-3-8-19(18)20)10-16(22)13-23-17-6-4-5-14(9-17)11-21/h2-9,15-16H,10,12-13H2,1H3. The van der Waals surface area contributed by atoms with Crippen molar-refractivity contribution in [1.29, 1.82) is 5.26 Å². The van der Waals surface area contributed by atoms with E-state index in [0.717, 1.165) is 18.5 Å². The lowest BCUT2D eigenvalue weighted by Gasteiger charge is -2.21. The van der Waals surface area contributed by atoms with Crippen molar-refractivity contribution in [2.45, 2.75) is 18.4 Å². The Morgan fingerprint density at radius 1 is 1.29 bits per heavy atom. The minimum absolute atomic E-state index is 0.133. The third-order valence-electron chi connectivity index (χ3n) is 4.35. The van der Waals surface area contributed by atoms with Crippen LogP contribution in [0.2, 0.25) is 0 Å². The molecule has 2 atom stereocenters. The van der Waals surface area contributed by atoms with E-state index in [0.29, 0.717) is 17.9 Å². The Labute approximate surface area is 146 Å². The molecule has 0 saturated carbocycles. The molecule has 1 heterocycles. The predicted molar refractivity (Wildman–Crippen MR) is 94.4 cm³/mol. The molecule has 0 radical (unpaired) electrons. The normalized spacial score (nSPS) is 20.7. The third kappa shape index (κ3) is 3.72. The van der Waals surface area contributed by atoms with E-state index >= 15 is 0 Å². The molecule has 3 rings (SSSR count). The van der Waals surface area contributed by atoms with Gasteiger partial charge in [-0.05, 0) is 42.5 Å². The highest BCUT2D eigenvalue weighted by Crippen LogP contribution is 2.36. The van der Waals surface area contributed by atoms with Crippen LogP contribution in [0.5, 0.6) is 5.75 Å². The number of hydrogen-bond acceptors (Lipinski definition) is 4. The average molecular weight is 342 g/mol. The van der Waals surface area contributed by atoms with Crippen LogP contribution in [-0.2, 0) is 0 Å². The Balaban J connectivity index is 1.67. The molecule has 3 nitrogen and oxygen atoms in total. The molecule has 0 aromatic heterocycles. The summed E-state index contributed by atoms with van der Waals surface area (Å²) in [5.41, 5.74) is 1.37. The van der Waals surface area contributed by atoms with Gasteiger partial charge in [0.1, 0.15) is 18.2 Å². The first-order valence-electron chi connectivity index (χ1n) is 7.89. The van der Waals surface area contributed by atoms with Crippen molar-refractivity contribution < 1.29 is 9.13 Å². The summed E-state index contributed by atoms with van der Waals surface area (Å²) < 4.78 is 22.2. The van der Waals surface area contributed by atoms with E-state index in [1.807, 2.05) is 30.5 Å². The SMILES string of the molecule is CSN1CC(c2ccccc2F)CC1COc1cccc(C#N)c1. The van der Waals surface area contributed by atoms with Crippen LogP contribution in [0.15, 0.2) is 48.5 Å². The molecule has 2 aromatic rings. The average Bonchev–Trinajstić information content (AvgIpc) is 3.03. The van der Waals surface area contributed by atoms with Gasteiger partial charge in [0, 0.05) is 12.5 Å². The van der Waals surface area contributed by atoms with Crippen LogP contribution in [0.4, 0.5) is 4.39 Å². The van der Waals surface area contributed by atoms with Gasteiger partial charge in [-0.25, -0.2) is 8.70 Å². The zero-order chi connectivity index (χ0) is 16.9. The number of halogens is 1. The van der Waals surface area contributed by atoms with Gasteiger partial charge in [-0.2, -0.15) is 5.26 Å². The van der Waals surface area contributed by atoms with Crippen LogP contribution in [-0.4, -0.2) is 29.8 Å². The summed E-state index contributed by atoms with van der Waals surface area (Å²) in [5, 5.41) is 8.96. The van der Waals surface area contributed by atoms with Crippen molar-refractivity contribution in [2.24, 2.45) is 0 Å². The largest absolute Gasteiger partial charge is 0.492 e. The first-order chi connectivity index (χ1) is 11.7. The first-order valence-corrected chi connectivity index (χ1v) is 9.07. The van der Waals surface area contributed by atoms with Crippen molar-refractivity contribution in [2.75, 3.05) is 19.4 Å². The van der Waals surface area contributed by atoms with Crippen LogP contribution in [0.3, 0.4) is 0 Å². The number of ether oxygens (including phenoxy) is 1. The first kappa shape index (κ1) is 16.8. The molecular weight excluding hydrogens is 323 g/mol. The molecule has 1 aliphatic rings. The van der Waals surface area contributed by atoms with E-state index < -0.39 is 0 Å². The molecule has 2 aromatic carbocycles. The smallest absolute Gasteiger partial charge is 0.126 e. The van der Waals surface area contributed by atoms with Gasteiger partial charge in [0.15, 0.2) is 0 Å². The molecule has 1 fully saturated rings. The quantitative estimate of drug-likeness (QED) is 0.763. The molecule has 0 amide bonds. The highest BCUT2D eigenvalue weighted by Gasteiger charge is 2.34. The minimum Gasteiger partial charge on any atom is -0.492 e. The fourth-order valence-corrected chi connectivity index (χ4v) is 3.92. The number of benzene rings is 2. The second-order valence-electron chi connectivity index (χ2n) is 5.84. The van der Waals surface area contributed by atoms with Crippen molar-refractivity contribution in [3.63, 3.8) is 0 Å². The van der Waals surface area contributed by atoms with Gasteiger partial charge in [-0.15, -0.1) is 0 Å². The van der Waals surface area contributed by atoms with Crippen LogP contribution in [0, 0.1) is 17.1 Å². The van der Waals surface area contributed by atoms with Crippen LogP contribution in [0.25, 0.3) is 0 Å². The molecule has 0 N–H and O–H groups in total. The lowest BCUT2D eigenvalue weighted by atomic mass is 9.96. The van der Waals surface area contributed by atoms with E-state index in [1.54, 1.807) is 30.1 Å². The summed E-state index contributed by atoms with van der Waals surface area (Å²) in [6, 6.07) is 16.5. The van der Waals surface area contributed by atoms with E-state index in [4.69, 9.17) is 10.00 Å². The molecule has 0 aliphatic carbocycles. The van der Waals surface area contributed by atoms with Gasteiger partial charge in [-0.3, -0.25) is 0 Å². The topological polar surface area (TPSA) is 36.3 Å². The Morgan fingerprint density at radius 3 is 2.88 bits per heavy atom. The molecule has 2 unspecified atom stereocenters. The van der Waals surface area contributed by atoms with Gasteiger partial charge in [-0.1, -0.05) is 36.2 Å². The van der Waals surface area contributed by atoms with Crippen molar-refractivity contribution >= 4 is 11.9 Å². The zero-order valence-electron chi connectivity index (χ0n) is 13.5. The lowest BCUT2D eigenvalue weighted by Crippen LogP contribution is -2.28. The highest BCUT2D eigenvalue weighted by molar-refractivity contribution is 7.96. The number of nitrogens with zero attached hydrogens (tertiary/aromatic N) is 2. The zero-order valence-corrected chi connectivity index (χ0v) is 14.3. The monoisotopic (exact) mass is 342 g/mol. The lowest BCUT2D eigenvalue weighted by molar-refractivity contribution is 0.241. The Bertz CT molecular complexity index is 746. The Hall–Kier alpha value is -2.03. The predicted octanol–water partition coefficient (Wildman–Crippen LogP) is 4.21. The van der Waals surface area contributed by atoms with Crippen molar-refractivity contribution in [3.8, 4) is 11.8 Å². The molecule has 0 spiro atoms. The van der Waals surface area contributed by atoms with E-state index in [9.17, 15) is 4.39 Å². The Kier molecular flexibility index (Phi) is 5.39. The maximum Gasteiger partial charge on any atom is 0.126 e. The van der Waals surface area contributed by atoms with Crippen LogP contribution >= 0.6 is 11.9 Å². The fraction of sp³-hybridized carbons (Fsp3) is 0.316. The summed E-state index contributed by atoms with van der Waals surface area (Å²) in [4.78, 5) is 0. The molecule has 24 heavy (non-hydrogen) atoms. The van der Waals surface area contributed by atoms with Gasteiger partial charge in [0.05, 0.1) is 17.7 Å². The van der Waals surface area contributed by atoms with Crippen LogP contribution in [0.1, 0.15) is 23.5 Å². The molecule has 5 heteroatoms. The number of hydrogen-bond donors (Lipinski definition) is 0. The maximum atomic E-state index is 14.0. The summed E-state index contributed by atoms with van der Waals surface area (Å²) in [5.74, 6) is 0.744. The highest BCUT2D eigenvalue weighted by atomic mass is 32.2. The maximum absolute atomic E-state index is 14.0. The van der Waals surface area contributed by atoms with Crippen molar-refractivity contribution in [3.05, 3.63) is 65.5 Å². The molecule has 1 saturated heterocycles. The summed E-state index contributed by atoms with van der Waals surface area (Å²) in [6.07, 6.45) is 2.90. The van der Waals surface area contributed by atoms with Crippen LogP contribution < -0.4 is 4.74 Å². The van der Waals surface area contributed by atoms with Gasteiger partial charge in [0.25, 0.3) is 0 Å². The van der Waals surface area contributed by atoms with E-state index in [1.165, 1.54) is 6.07 Å². The molecular formula is C19H19FN2OS. The molecule has 124 valence electrons. The summed E-state index contributed by atoms with van der Waals surface area (Å²) >= 11 is 1.67. The third-order valence-corrected chi connectivity index (χ3v) is 5.27. The molecule has 0 bridgehead atoms. The summed E-state index contributed by atoms with van der Waals surface area (Å²) in [7, 11) is 0. The fourth-order valence-electron chi connectivity index (χ4n) is 3.14. The van der Waals surface area contributed by atoms with E-state index in [2.05, 4.69) is 10.4 Å². The number of rotatable bonds is 5. The van der Waals surface area contributed by atoms with Gasteiger partial charge >= 0.3 is 0 Å². The number of nitriles is 1. The summed E-state index contributed by atoms with van der Waals surface area (Å²) in [6.45, 7) is 1.34. The minimum atomic E-state index is -0.133.